The molecular formula is C20H18O2. The zero-order chi connectivity index (χ0) is 15.4. The van der Waals surface area contributed by atoms with Crippen molar-refractivity contribution in [1.82, 2.24) is 0 Å². The molecule has 2 nitrogen and oxygen atoms in total. The quantitative estimate of drug-likeness (QED) is 0.708. The average molecular weight is 290 g/mol. The van der Waals surface area contributed by atoms with Crippen LogP contribution in [0, 0.1) is 6.92 Å². The molecule has 0 spiro atoms. The maximum absolute atomic E-state index is 8.74. The molecule has 0 heterocycles. The lowest BCUT2D eigenvalue weighted by Crippen LogP contribution is -1.93. The summed E-state index contributed by atoms with van der Waals surface area (Å²) in [6, 6.07) is 24.8. The van der Waals surface area contributed by atoms with Crippen molar-refractivity contribution < 1.29 is 9.84 Å². The highest BCUT2D eigenvalue weighted by Crippen LogP contribution is 2.26. The Morgan fingerprint density at radius 2 is 1.00 bits per heavy atom. The predicted octanol–water partition coefficient (Wildman–Crippen LogP) is 4.66. The maximum Gasteiger partial charge on any atom is 0.186 e. The molecule has 2 heteroatoms. The normalized spacial score (nSPS) is 10.5. The highest BCUT2D eigenvalue weighted by atomic mass is 16.6. The maximum atomic E-state index is 8.74. The summed E-state index contributed by atoms with van der Waals surface area (Å²) in [4.78, 5) is 0. The van der Waals surface area contributed by atoms with Gasteiger partial charge >= 0.3 is 0 Å². The van der Waals surface area contributed by atoms with Crippen LogP contribution in [-0.4, -0.2) is 11.9 Å². The van der Waals surface area contributed by atoms with Gasteiger partial charge in [-0.2, -0.15) is 0 Å². The Morgan fingerprint density at radius 1 is 0.636 bits per heavy atom. The van der Waals surface area contributed by atoms with Crippen LogP contribution in [0.25, 0.3) is 22.3 Å². The summed E-state index contributed by atoms with van der Waals surface area (Å²) < 4.78 is 5.04. The zero-order valence-electron chi connectivity index (χ0n) is 12.5. The fourth-order valence-electron chi connectivity index (χ4n) is 2.42. The Balaban J connectivity index is 1.83. The highest BCUT2D eigenvalue weighted by Gasteiger charge is 2.01. The van der Waals surface area contributed by atoms with Gasteiger partial charge in [0, 0.05) is 0 Å². The van der Waals surface area contributed by atoms with Crippen LogP contribution >= 0.6 is 0 Å². The first-order chi connectivity index (χ1) is 10.8. The van der Waals surface area contributed by atoms with Gasteiger partial charge < -0.3 is 9.84 Å². The molecule has 0 radical (unpaired) electrons. The SMILES string of the molecule is Cc1ccc(-c2ccc(-c3ccc(OCO)cc3)cc2)cc1. The lowest BCUT2D eigenvalue weighted by Gasteiger charge is -2.07. The lowest BCUT2D eigenvalue weighted by molar-refractivity contribution is 0.0985. The molecule has 0 aliphatic heterocycles. The van der Waals surface area contributed by atoms with E-state index in [1.807, 2.05) is 24.3 Å². The summed E-state index contributed by atoms with van der Waals surface area (Å²) in [7, 11) is 0. The van der Waals surface area contributed by atoms with Crippen molar-refractivity contribution in [2.75, 3.05) is 6.79 Å². The van der Waals surface area contributed by atoms with Crippen LogP contribution in [0.1, 0.15) is 5.56 Å². The predicted molar refractivity (Wildman–Crippen MR) is 89.8 cm³/mol. The largest absolute Gasteiger partial charge is 0.468 e. The molecule has 0 aromatic heterocycles. The van der Waals surface area contributed by atoms with E-state index in [1.54, 1.807) is 0 Å². The second-order valence-electron chi connectivity index (χ2n) is 5.24. The molecule has 3 aromatic rings. The van der Waals surface area contributed by atoms with Gasteiger partial charge in [0.1, 0.15) is 5.75 Å². The standard InChI is InChI=1S/C20H18O2/c1-15-2-4-16(5-3-15)17-6-8-18(9-7-17)19-10-12-20(13-11-19)22-14-21/h2-13,21H,14H2,1H3. The summed E-state index contributed by atoms with van der Waals surface area (Å²) in [5, 5.41) is 8.74. The number of aryl methyl sites for hydroxylation is 1. The third-order valence-corrected chi connectivity index (χ3v) is 3.69. The minimum Gasteiger partial charge on any atom is -0.468 e. The van der Waals surface area contributed by atoms with Crippen molar-refractivity contribution in [3.05, 3.63) is 78.4 Å². The number of hydrogen-bond donors (Lipinski definition) is 1. The van der Waals surface area contributed by atoms with Gasteiger partial charge in [-0.3, -0.25) is 0 Å². The molecule has 1 N–H and O–H groups in total. The van der Waals surface area contributed by atoms with E-state index in [1.165, 1.54) is 16.7 Å². The summed E-state index contributed by atoms with van der Waals surface area (Å²) in [6.45, 7) is 1.79. The van der Waals surface area contributed by atoms with Crippen molar-refractivity contribution >= 4 is 0 Å². The van der Waals surface area contributed by atoms with E-state index in [9.17, 15) is 0 Å². The van der Waals surface area contributed by atoms with Gasteiger partial charge in [-0.15, -0.1) is 0 Å². The van der Waals surface area contributed by atoms with Crippen LogP contribution in [0.5, 0.6) is 5.75 Å². The Bertz CT molecular complexity index is 726. The molecule has 0 atom stereocenters. The van der Waals surface area contributed by atoms with Crippen molar-refractivity contribution in [3.8, 4) is 28.0 Å². The number of benzene rings is 3. The highest BCUT2D eigenvalue weighted by molar-refractivity contribution is 5.70. The number of hydrogen-bond acceptors (Lipinski definition) is 2. The van der Waals surface area contributed by atoms with Gasteiger partial charge in [-0.25, -0.2) is 0 Å². The Kier molecular flexibility index (Phi) is 4.22. The summed E-state index contributed by atoms with van der Waals surface area (Å²) >= 11 is 0. The molecule has 0 bridgehead atoms. The van der Waals surface area contributed by atoms with E-state index in [0.29, 0.717) is 5.75 Å². The van der Waals surface area contributed by atoms with Crippen molar-refractivity contribution in [1.29, 1.82) is 0 Å². The van der Waals surface area contributed by atoms with Gasteiger partial charge in [-0.1, -0.05) is 66.2 Å². The molecule has 0 amide bonds. The first-order valence-electron chi connectivity index (χ1n) is 7.27. The van der Waals surface area contributed by atoms with Crippen molar-refractivity contribution in [3.63, 3.8) is 0 Å². The second kappa shape index (κ2) is 6.46. The average Bonchev–Trinajstić information content (AvgIpc) is 2.57. The van der Waals surface area contributed by atoms with E-state index in [4.69, 9.17) is 9.84 Å². The van der Waals surface area contributed by atoms with Crippen LogP contribution in [0.4, 0.5) is 0 Å². The van der Waals surface area contributed by atoms with Crippen LogP contribution in [-0.2, 0) is 0 Å². The fraction of sp³-hybridized carbons (Fsp3) is 0.100. The number of rotatable bonds is 4. The van der Waals surface area contributed by atoms with E-state index < -0.39 is 0 Å². The molecule has 0 saturated heterocycles. The Morgan fingerprint density at radius 3 is 1.41 bits per heavy atom. The topological polar surface area (TPSA) is 29.5 Å². The monoisotopic (exact) mass is 290 g/mol. The van der Waals surface area contributed by atoms with Gasteiger partial charge in [0.2, 0.25) is 0 Å². The first-order valence-corrected chi connectivity index (χ1v) is 7.27. The molecule has 110 valence electrons. The van der Waals surface area contributed by atoms with Crippen LogP contribution in [0.3, 0.4) is 0 Å². The summed E-state index contributed by atoms with van der Waals surface area (Å²) in [5.74, 6) is 0.669. The van der Waals surface area contributed by atoms with Gasteiger partial charge in [0.25, 0.3) is 0 Å². The Labute approximate surface area is 130 Å². The molecular weight excluding hydrogens is 272 g/mol. The molecule has 22 heavy (non-hydrogen) atoms. The van der Waals surface area contributed by atoms with Crippen LogP contribution in [0.2, 0.25) is 0 Å². The van der Waals surface area contributed by atoms with Gasteiger partial charge in [-0.05, 0) is 41.3 Å². The second-order valence-corrected chi connectivity index (χ2v) is 5.24. The number of aliphatic hydroxyl groups excluding tert-OH is 1. The van der Waals surface area contributed by atoms with Crippen LogP contribution < -0.4 is 4.74 Å². The molecule has 0 aliphatic rings. The molecule has 3 rings (SSSR count). The first kappa shape index (κ1) is 14.4. The number of aliphatic hydroxyl groups is 1. The van der Waals surface area contributed by atoms with E-state index in [2.05, 4.69) is 55.5 Å². The molecule has 3 aromatic carbocycles. The lowest BCUT2D eigenvalue weighted by atomic mass is 10.00. The minimum atomic E-state index is -0.301. The van der Waals surface area contributed by atoms with Crippen molar-refractivity contribution in [2.45, 2.75) is 6.92 Å². The summed E-state index contributed by atoms with van der Waals surface area (Å²) in [6.07, 6.45) is 0. The fourth-order valence-corrected chi connectivity index (χ4v) is 2.42. The minimum absolute atomic E-state index is 0.301. The molecule has 0 saturated carbocycles. The van der Waals surface area contributed by atoms with E-state index >= 15 is 0 Å². The zero-order valence-corrected chi connectivity index (χ0v) is 12.5. The summed E-state index contributed by atoms with van der Waals surface area (Å²) in [5.41, 5.74) is 5.99. The number of ether oxygens (including phenoxy) is 1. The molecule has 0 fully saturated rings. The van der Waals surface area contributed by atoms with Gasteiger partial charge in [0.05, 0.1) is 0 Å². The van der Waals surface area contributed by atoms with E-state index in [0.717, 1.165) is 11.1 Å². The van der Waals surface area contributed by atoms with E-state index in [-0.39, 0.29) is 6.79 Å². The van der Waals surface area contributed by atoms with Gasteiger partial charge in [0.15, 0.2) is 6.79 Å². The molecule has 0 unspecified atom stereocenters. The third-order valence-electron chi connectivity index (χ3n) is 3.69. The Hall–Kier alpha value is -2.58. The van der Waals surface area contributed by atoms with Crippen molar-refractivity contribution in [2.24, 2.45) is 0 Å². The third kappa shape index (κ3) is 3.18. The smallest absolute Gasteiger partial charge is 0.186 e. The molecule has 0 aliphatic carbocycles. The van der Waals surface area contributed by atoms with Crippen LogP contribution in [0.15, 0.2) is 72.8 Å².